The summed E-state index contributed by atoms with van der Waals surface area (Å²) in [6.07, 6.45) is 12.4. The van der Waals surface area contributed by atoms with Gasteiger partial charge in [-0.05, 0) is 53.4 Å². The summed E-state index contributed by atoms with van der Waals surface area (Å²) in [4.78, 5) is 38.9. The van der Waals surface area contributed by atoms with Gasteiger partial charge in [-0.15, -0.1) is 0 Å². The van der Waals surface area contributed by atoms with E-state index in [9.17, 15) is 9.59 Å². The minimum atomic E-state index is -0.276. The van der Waals surface area contributed by atoms with Crippen LogP contribution in [0.4, 0.5) is 0 Å². The number of pyridine rings is 2. The van der Waals surface area contributed by atoms with Crippen molar-refractivity contribution in [2.75, 3.05) is 0 Å². The summed E-state index contributed by atoms with van der Waals surface area (Å²) in [5.41, 5.74) is 3.94. The Hall–Kier alpha value is -4.71. The summed E-state index contributed by atoms with van der Waals surface area (Å²) < 4.78 is 1.54. The third-order valence-corrected chi connectivity index (χ3v) is 6.10. The van der Waals surface area contributed by atoms with E-state index >= 15 is 0 Å². The van der Waals surface area contributed by atoms with E-state index in [-0.39, 0.29) is 23.3 Å². The van der Waals surface area contributed by atoms with E-state index in [1.54, 1.807) is 35.3 Å². The van der Waals surface area contributed by atoms with Crippen LogP contribution in [0.5, 0.6) is 0 Å². The lowest BCUT2D eigenvalue weighted by atomic mass is 10.1. The van der Waals surface area contributed by atoms with E-state index in [1.807, 2.05) is 66.9 Å². The lowest BCUT2D eigenvalue weighted by Gasteiger charge is -2.07. The summed E-state index contributed by atoms with van der Waals surface area (Å²) in [7, 11) is 0. The molecular weight excluding hydrogens is 460 g/mol. The SMILES string of the molecule is O=C(CC/C=C/c1ccc2nc(Cc3ccccc3)ncc2c1)c1cccn(Cc2cccnc2)c1=O. The summed E-state index contributed by atoms with van der Waals surface area (Å²) in [6, 6.07) is 23.3. The Balaban J connectivity index is 1.20. The van der Waals surface area contributed by atoms with Crippen molar-refractivity contribution >= 4 is 22.8 Å². The number of hydrogen-bond donors (Lipinski definition) is 0. The first-order valence-corrected chi connectivity index (χ1v) is 12.2. The Bertz CT molecular complexity index is 1610. The van der Waals surface area contributed by atoms with Crippen LogP contribution < -0.4 is 5.56 Å². The van der Waals surface area contributed by atoms with Crippen LogP contribution in [-0.2, 0) is 13.0 Å². The molecule has 0 aliphatic heterocycles. The van der Waals surface area contributed by atoms with Gasteiger partial charge in [-0.3, -0.25) is 14.6 Å². The molecule has 2 aromatic carbocycles. The number of nitrogens with zero attached hydrogens (tertiary/aromatic N) is 4. The van der Waals surface area contributed by atoms with Crippen molar-refractivity contribution < 1.29 is 4.79 Å². The molecule has 0 saturated heterocycles. The number of carbonyl (C=O) groups is 1. The van der Waals surface area contributed by atoms with Crippen LogP contribution in [0.1, 0.15) is 45.7 Å². The summed E-state index contributed by atoms with van der Waals surface area (Å²) in [6.45, 7) is 0.382. The number of rotatable bonds is 9. The number of fused-ring (bicyclic) bond motifs is 1. The molecule has 0 amide bonds. The van der Waals surface area contributed by atoms with Gasteiger partial charge in [0, 0.05) is 43.0 Å². The fourth-order valence-electron chi connectivity index (χ4n) is 4.19. The quantitative estimate of drug-likeness (QED) is 0.257. The van der Waals surface area contributed by atoms with Crippen molar-refractivity contribution in [1.29, 1.82) is 0 Å². The number of hydrogen-bond acceptors (Lipinski definition) is 5. The van der Waals surface area contributed by atoms with E-state index in [2.05, 4.69) is 22.1 Å². The summed E-state index contributed by atoms with van der Waals surface area (Å²) in [5.74, 6) is 0.633. The Morgan fingerprint density at radius 2 is 1.78 bits per heavy atom. The Labute approximate surface area is 215 Å². The molecule has 3 heterocycles. The molecule has 0 unspecified atom stereocenters. The molecular formula is C31H26N4O2. The van der Waals surface area contributed by atoms with Gasteiger partial charge in [0.05, 0.1) is 17.6 Å². The first-order valence-electron chi connectivity index (χ1n) is 12.2. The van der Waals surface area contributed by atoms with Gasteiger partial charge in [-0.25, -0.2) is 9.97 Å². The smallest absolute Gasteiger partial charge is 0.261 e. The zero-order valence-electron chi connectivity index (χ0n) is 20.3. The standard InChI is InChI=1S/C31H26N4O2/c36-29(27-12-7-17-35(31(27)37)22-25-11-6-16-32-20-25)13-5-4-10-24-14-15-28-26(18-24)21-33-30(34-28)19-23-8-2-1-3-9-23/h1-4,6-12,14-18,20-21H,5,13,19,22H2/b10-4+. The van der Waals surface area contributed by atoms with E-state index in [4.69, 9.17) is 4.98 Å². The molecule has 0 aliphatic carbocycles. The zero-order valence-corrected chi connectivity index (χ0v) is 20.3. The van der Waals surface area contributed by atoms with Gasteiger partial charge < -0.3 is 4.57 Å². The Morgan fingerprint density at radius 1 is 0.919 bits per heavy atom. The van der Waals surface area contributed by atoms with Crippen LogP contribution >= 0.6 is 0 Å². The second kappa shape index (κ2) is 11.4. The fraction of sp³-hybridized carbons (Fsp3) is 0.129. The average molecular weight is 487 g/mol. The highest BCUT2D eigenvalue weighted by Gasteiger charge is 2.11. The first kappa shape index (κ1) is 24.0. The highest BCUT2D eigenvalue weighted by atomic mass is 16.1. The van der Waals surface area contributed by atoms with Gasteiger partial charge in [-0.1, -0.05) is 54.6 Å². The molecule has 0 aliphatic rings. The predicted molar refractivity (Wildman–Crippen MR) is 145 cm³/mol. The molecule has 5 rings (SSSR count). The molecule has 6 nitrogen and oxygen atoms in total. The molecule has 0 atom stereocenters. The highest BCUT2D eigenvalue weighted by molar-refractivity contribution is 5.95. The van der Waals surface area contributed by atoms with Crippen LogP contribution in [0.15, 0.2) is 108 Å². The molecule has 0 radical (unpaired) electrons. The monoisotopic (exact) mass is 486 g/mol. The second-order valence-electron chi connectivity index (χ2n) is 8.85. The third-order valence-electron chi connectivity index (χ3n) is 6.10. The van der Waals surface area contributed by atoms with Crippen LogP contribution in [0, 0.1) is 0 Å². The molecule has 6 heteroatoms. The molecule has 0 N–H and O–H groups in total. The molecule has 37 heavy (non-hydrogen) atoms. The van der Waals surface area contributed by atoms with E-state index < -0.39 is 0 Å². The molecule has 3 aromatic heterocycles. The van der Waals surface area contributed by atoms with Crippen LogP contribution in [0.3, 0.4) is 0 Å². The minimum absolute atomic E-state index is 0.159. The van der Waals surface area contributed by atoms with Gasteiger partial charge in [0.25, 0.3) is 5.56 Å². The van der Waals surface area contributed by atoms with Crippen LogP contribution in [-0.4, -0.2) is 25.3 Å². The Morgan fingerprint density at radius 3 is 2.62 bits per heavy atom. The van der Waals surface area contributed by atoms with Crippen LogP contribution in [0.25, 0.3) is 17.0 Å². The van der Waals surface area contributed by atoms with Gasteiger partial charge in [0.15, 0.2) is 5.78 Å². The largest absolute Gasteiger partial charge is 0.310 e. The average Bonchev–Trinajstić information content (AvgIpc) is 2.93. The number of ketones is 1. The van der Waals surface area contributed by atoms with Crippen LogP contribution in [0.2, 0.25) is 0 Å². The van der Waals surface area contributed by atoms with E-state index in [1.165, 1.54) is 5.56 Å². The first-order chi connectivity index (χ1) is 18.2. The number of allylic oxidation sites excluding steroid dienone is 1. The molecule has 0 saturated carbocycles. The van der Waals surface area contributed by atoms with Crippen molar-refractivity contribution in [3.63, 3.8) is 0 Å². The van der Waals surface area contributed by atoms with Crippen molar-refractivity contribution in [2.45, 2.75) is 25.8 Å². The topological polar surface area (TPSA) is 77.7 Å². The third kappa shape index (κ3) is 6.11. The lowest BCUT2D eigenvalue weighted by Crippen LogP contribution is -2.26. The van der Waals surface area contributed by atoms with E-state index in [0.29, 0.717) is 19.4 Å². The molecule has 0 fully saturated rings. The molecule has 0 spiro atoms. The minimum Gasteiger partial charge on any atom is -0.310 e. The number of benzene rings is 2. The molecule has 5 aromatic rings. The van der Waals surface area contributed by atoms with E-state index in [0.717, 1.165) is 27.9 Å². The van der Waals surface area contributed by atoms with Gasteiger partial charge in [0.1, 0.15) is 5.82 Å². The number of aromatic nitrogens is 4. The van der Waals surface area contributed by atoms with Gasteiger partial charge >= 0.3 is 0 Å². The zero-order chi connectivity index (χ0) is 25.5. The second-order valence-corrected chi connectivity index (χ2v) is 8.85. The molecule has 0 bridgehead atoms. The summed E-state index contributed by atoms with van der Waals surface area (Å²) in [5, 5.41) is 0.966. The molecule has 182 valence electrons. The van der Waals surface area contributed by atoms with Gasteiger partial charge in [0.2, 0.25) is 0 Å². The van der Waals surface area contributed by atoms with Crippen molar-refractivity contribution in [2.24, 2.45) is 0 Å². The highest BCUT2D eigenvalue weighted by Crippen LogP contribution is 2.16. The Kier molecular flexibility index (Phi) is 7.36. The predicted octanol–water partition coefficient (Wildman–Crippen LogP) is 5.50. The van der Waals surface area contributed by atoms with Gasteiger partial charge in [-0.2, -0.15) is 0 Å². The normalized spacial score (nSPS) is 11.2. The maximum absolute atomic E-state index is 12.8. The maximum Gasteiger partial charge on any atom is 0.261 e. The fourth-order valence-corrected chi connectivity index (χ4v) is 4.19. The van der Waals surface area contributed by atoms with Crippen molar-refractivity contribution in [1.82, 2.24) is 19.5 Å². The number of Topliss-reactive ketones (excluding diaryl/α,β-unsaturated/α-hetero) is 1. The lowest BCUT2D eigenvalue weighted by molar-refractivity contribution is 0.0981. The number of carbonyl (C=O) groups excluding carboxylic acids is 1. The maximum atomic E-state index is 12.8. The van der Waals surface area contributed by atoms with Crippen molar-refractivity contribution in [3.05, 3.63) is 142 Å². The van der Waals surface area contributed by atoms with Crippen molar-refractivity contribution in [3.8, 4) is 0 Å². The summed E-state index contributed by atoms with van der Waals surface area (Å²) >= 11 is 0.